The zero-order valence-electron chi connectivity index (χ0n) is 9.84. The highest BCUT2D eigenvalue weighted by Crippen LogP contribution is 2.43. The number of piperidine rings is 1. The number of carbonyl (C=O) groups excluding carboxylic acids is 1. The van der Waals surface area contributed by atoms with Crippen molar-refractivity contribution in [3.63, 3.8) is 0 Å². The smallest absolute Gasteiger partial charge is 0.320 e. The zero-order valence-corrected chi connectivity index (χ0v) is 9.84. The fraction of sp³-hybridized carbons (Fsp3) is 0.500. The minimum absolute atomic E-state index is 0.0959. The van der Waals surface area contributed by atoms with E-state index in [4.69, 9.17) is 4.74 Å². The van der Waals surface area contributed by atoms with Gasteiger partial charge in [-0.1, -0.05) is 30.3 Å². The van der Waals surface area contributed by atoms with Gasteiger partial charge < -0.3 is 4.74 Å². The van der Waals surface area contributed by atoms with Crippen LogP contribution in [-0.4, -0.2) is 30.0 Å². The normalized spacial score (nSPS) is 26.6. The van der Waals surface area contributed by atoms with Crippen molar-refractivity contribution in [3.05, 3.63) is 35.9 Å². The molecule has 0 N–H and O–H groups in total. The molecular formula is C14H17NO2. The lowest BCUT2D eigenvalue weighted by atomic mass is 10.2. The first-order valence-electron chi connectivity index (χ1n) is 6.26. The second kappa shape index (κ2) is 4.49. The van der Waals surface area contributed by atoms with E-state index in [1.807, 2.05) is 30.3 Å². The largest absolute Gasteiger partial charge is 0.460 e. The van der Waals surface area contributed by atoms with Crippen LogP contribution in [0.4, 0.5) is 0 Å². The number of rotatable bonds is 4. The van der Waals surface area contributed by atoms with E-state index in [0.717, 1.165) is 18.0 Å². The van der Waals surface area contributed by atoms with Crippen LogP contribution >= 0.6 is 0 Å². The maximum atomic E-state index is 11.7. The summed E-state index contributed by atoms with van der Waals surface area (Å²) in [6.45, 7) is 1.92. The van der Waals surface area contributed by atoms with E-state index >= 15 is 0 Å². The predicted octanol–water partition coefficient (Wildman–Crippen LogP) is 1.82. The molecule has 1 aliphatic heterocycles. The van der Waals surface area contributed by atoms with E-state index < -0.39 is 0 Å². The number of nitrogens with zero attached hydrogens (tertiary/aromatic N) is 1. The van der Waals surface area contributed by atoms with Gasteiger partial charge >= 0.3 is 5.97 Å². The Morgan fingerprint density at radius 2 is 2.18 bits per heavy atom. The average molecular weight is 231 g/mol. The van der Waals surface area contributed by atoms with Gasteiger partial charge in [-0.25, -0.2) is 0 Å². The Bertz CT molecular complexity index is 404. The van der Waals surface area contributed by atoms with Crippen LogP contribution in [0.5, 0.6) is 0 Å². The maximum absolute atomic E-state index is 11.7. The van der Waals surface area contributed by atoms with E-state index in [1.165, 1.54) is 12.8 Å². The van der Waals surface area contributed by atoms with Crippen LogP contribution in [0.2, 0.25) is 0 Å². The highest BCUT2D eigenvalue weighted by Gasteiger charge is 2.47. The van der Waals surface area contributed by atoms with Crippen LogP contribution in [0.25, 0.3) is 0 Å². The van der Waals surface area contributed by atoms with Gasteiger partial charge in [-0.2, -0.15) is 0 Å². The van der Waals surface area contributed by atoms with Crippen LogP contribution in [0.1, 0.15) is 18.4 Å². The number of ether oxygens (including phenoxy) is 1. The van der Waals surface area contributed by atoms with Crippen LogP contribution in [0.3, 0.4) is 0 Å². The standard InChI is InChI=1S/C14H17NO2/c16-14(9-15-7-6-12-8-13(12)15)17-10-11-4-2-1-3-5-11/h1-5,12-13H,6-10H2/t12-,13+/m0/s1. The Labute approximate surface area is 101 Å². The molecule has 1 heterocycles. The summed E-state index contributed by atoms with van der Waals surface area (Å²) < 4.78 is 5.28. The first-order valence-corrected chi connectivity index (χ1v) is 6.26. The minimum atomic E-state index is -0.0959. The quantitative estimate of drug-likeness (QED) is 0.740. The van der Waals surface area contributed by atoms with Gasteiger partial charge in [-0.05, 0) is 30.9 Å². The van der Waals surface area contributed by atoms with Crippen LogP contribution in [0, 0.1) is 5.92 Å². The van der Waals surface area contributed by atoms with Crippen molar-refractivity contribution in [2.45, 2.75) is 25.5 Å². The van der Waals surface area contributed by atoms with Gasteiger partial charge in [-0.15, -0.1) is 0 Å². The summed E-state index contributed by atoms with van der Waals surface area (Å²) in [5.41, 5.74) is 1.05. The Hall–Kier alpha value is -1.35. The fourth-order valence-electron chi connectivity index (χ4n) is 2.63. The topological polar surface area (TPSA) is 29.5 Å². The number of fused-ring (bicyclic) bond motifs is 1. The molecule has 17 heavy (non-hydrogen) atoms. The van der Waals surface area contributed by atoms with Gasteiger partial charge in [0, 0.05) is 6.04 Å². The molecule has 2 atom stereocenters. The Kier molecular flexibility index (Phi) is 2.85. The van der Waals surface area contributed by atoms with Crippen LogP contribution < -0.4 is 0 Å². The summed E-state index contributed by atoms with van der Waals surface area (Å²) in [4.78, 5) is 13.9. The first-order chi connectivity index (χ1) is 8.33. The van der Waals surface area contributed by atoms with Crippen molar-refractivity contribution in [1.82, 2.24) is 4.90 Å². The number of hydrogen-bond acceptors (Lipinski definition) is 3. The van der Waals surface area contributed by atoms with Crippen LogP contribution in [-0.2, 0) is 16.1 Å². The molecule has 0 aromatic heterocycles. The van der Waals surface area contributed by atoms with Crippen molar-refractivity contribution in [1.29, 1.82) is 0 Å². The van der Waals surface area contributed by atoms with Crippen molar-refractivity contribution in [3.8, 4) is 0 Å². The second-order valence-electron chi connectivity index (χ2n) is 4.97. The van der Waals surface area contributed by atoms with Gasteiger partial charge in [0.2, 0.25) is 0 Å². The van der Waals surface area contributed by atoms with E-state index in [-0.39, 0.29) is 5.97 Å². The third-order valence-electron chi connectivity index (χ3n) is 3.72. The molecule has 3 rings (SSSR count). The summed E-state index contributed by atoms with van der Waals surface area (Å²) in [6.07, 6.45) is 2.54. The molecule has 1 saturated heterocycles. The first kappa shape index (κ1) is 10.8. The lowest BCUT2D eigenvalue weighted by Crippen LogP contribution is -2.30. The number of benzene rings is 1. The van der Waals surface area contributed by atoms with Crippen molar-refractivity contribution < 1.29 is 9.53 Å². The number of likely N-dealkylation sites (tertiary alicyclic amines) is 1. The van der Waals surface area contributed by atoms with Crippen LogP contribution in [0.15, 0.2) is 30.3 Å². The molecule has 90 valence electrons. The van der Waals surface area contributed by atoms with Crippen molar-refractivity contribution in [2.75, 3.05) is 13.1 Å². The molecule has 0 spiro atoms. The lowest BCUT2D eigenvalue weighted by Gasteiger charge is -2.16. The Morgan fingerprint density at radius 1 is 1.35 bits per heavy atom. The van der Waals surface area contributed by atoms with E-state index in [1.54, 1.807) is 0 Å². The van der Waals surface area contributed by atoms with Gasteiger partial charge in [0.05, 0.1) is 6.54 Å². The summed E-state index contributed by atoms with van der Waals surface area (Å²) in [5, 5.41) is 0. The molecular weight excluding hydrogens is 214 g/mol. The van der Waals surface area contributed by atoms with Gasteiger partial charge in [0.15, 0.2) is 0 Å². The molecule has 0 bridgehead atoms. The van der Waals surface area contributed by atoms with Crippen molar-refractivity contribution >= 4 is 5.97 Å². The molecule has 0 unspecified atom stereocenters. The van der Waals surface area contributed by atoms with Gasteiger partial charge in [-0.3, -0.25) is 9.69 Å². The summed E-state index contributed by atoms with van der Waals surface area (Å²) in [5.74, 6) is 0.776. The molecule has 2 aliphatic rings. The SMILES string of the molecule is O=C(CN1CC[C@H]2C[C@H]21)OCc1ccccc1. The third kappa shape index (κ3) is 2.50. The van der Waals surface area contributed by atoms with Gasteiger partial charge in [0.25, 0.3) is 0 Å². The molecule has 0 radical (unpaired) electrons. The molecule has 2 fully saturated rings. The minimum Gasteiger partial charge on any atom is -0.460 e. The molecule has 1 aromatic carbocycles. The fourth-order valence-corrected chi connectivity index (χ4v) is 2.63. The third-order valence-corrected chi connectivity index (χ3v) is 3.72. The molecule has 1 aromatic rings. The highest BCUT2D eigenvalue weighted by molar-refractivity contribution is 5.71. The summed E-state index contributed by atoms with van der Waals surface area (Å²) in [7, 11) is 0. The van der Waals surface area contributed by atoms with E-state index in [0.29, 0.717) is 19.2 Å². The second-order valence-corrected chi connectivity index (χ2v) is 4.97. The van der Waals surface area contributed by atoms with E-state index in [2.05, 4.69) is 4.90 Å². The average Bonchev–Trinajstić information content (AvgIpc) is 3.05. The van der Waals surface area contributed by atoms with Gasteiger partial charge in [0.1, 0.15) is 6.61 Å². The number of carbonyl (C=O) groups is 1. The monoisotopic (exact) mass is 231 g/mol. The van der Waals surface area contributed by atoms with E-state index in [9.17, 15) is 4.79 Å². The lowest BCUT2D eigenvalue weighted by molar-refractivity contribution is -0.146. The highest BCUT2D eigenvalue weighted by atomic mass is 16.5. The summed E-state index contributed by atoms with van der Waals surface area (Å²) >= 11 is 0. The number of hydrogen-bond donors (Lipinski definition) is 0. The predicted molar refractivity (Wildman–Crippen MR) is 64.3 cm³/mol. The van der Waals surface area contributed by atoms with Crippen molar-refractivity contribution in [2.24, 2.45) is 5.92 Å². The summed E-state index contributed by atoms with van der Waals surface area (Å²) in [6, 6.07) is 10.5. The maximum Gasteiger partial charge on any atom is 0.320 e. The molecule has 0 amide bonds. The number of esters is 1. The molecule has 1 aliphatic carbocycles. The Morgan fingerprint density at radius 3 is 2.82 bits per heavy atom. The molecule has 3 nitrogen and oxygen atoms in total. The Balaban J connectivity index is 1.44. The zero-order chi connectivity index (χ0) is 11.7. The molecule has 3 heteroatoms. The molecule has 1 saturated carbocycles.